The first-order chi connectivity index (χ1) is 54.9. The van der Waals surface area contributed by atoms with E-state index in [1.54, 1.807) is 43.3 Å². The first-order valence-corrected chi connectivity index (χ1v) is 40.7. The van der Waals surface area contributed by atoms with Gasteiger partial charge in [0.25, 0.3) is 11.8 Å². The zero-order chi connectivity index (χ0) is 79.7. The van der Waals surface area contributed by atoms with Crippen molar-refractivity contribution in [2.24, 2.45) is 5.92 Å². The number of rotatable bonds is 23. The Morgan fingerprint density at radius 1 is 0.531 bits per heavy atom. The first-order valence-electron chi connectivity index (χ1n) is 40.3. The molecule has 4 atom stereocenters. The summed E-state index contributed by atoms with van der Waals surface area (Å²) in [7, 11) is 3.44. The van der Waals surface area contributed by atoms with E-state index in [2.05, 4.69) is 142 Å². The maximum Gasteiger partial charge on any atom is 0.260 e. The number of aromatic nitrogens is 4. The number of para-hydroxylation sites is 4. The van der Waals surface area contributed by atoms with E-state index >= 15 is 0 Å². The summed E-state index contributed by atoms with van der Waals surface area (Å²) < 4.78 is 42.5. The van der Waals surface area contributed by atoms with E-state index in [1.165, 1.54) is 73.3 Å². The van der Waals surface area contributed by atoms with Crippen molar-refractivity contribution in [1.29, 1.82) is 5.26 Å². The Labute approximate surface area is 668 Å². The summed E-state index contributed by atoms with van der Waals surface area (Å²) >= 11 is 5.87. The maximum atomic E-state index is 14.0. The molecule has 7 aromatic carbocycles. The predicted molar refractivity (Wildman–Crippen MR) is 447 cm³/mol. The number of fused-ring (bicyclic) bond motifs is 4. The van der Waals surface area contributed by atoms with Crippen LogP contribution >= 0.6 is 11.6 Å². The molecule has 15 rings (SSSR count). The number of nitriles is 1. The van der Waals surface area contributed by atoms with Gasteiger partial charge in [0.05, 0.1) is 18.2 Å². The molecule has 588 valence electrons. The summed E-state index contributed by atoms with van der Waals surface area (Å²) in [5, 5.41) is 14.6. The van der Waals surface area contributed by atoms with Crippen molar-refractivity contribution in [3.05, 3.63) is 244 Å². The van der Waals surface area contributed by atoms with E-state index in [1.807, 2.05) is 76.3 Å². The highest BCUT2D eigenvalue weighted by atomic mass is 35.5. The molecule has 4 aromatic heterocycles. The van der Waals surface area contributed by atoms with Gasteiger partial charge in [-0.05, 0) is 152 Å². The molecule has 0 aliphatic carbocycles. The van der Waals surface area contributed by atoms with Crippen molar-refractivity contribution >= 4 is 84.7 Å². The minimum atomic E-state index is -0.845. The van der Waals surface area contributed by atoms with Crippen LogP contribution < -0.4 is 4.74 Å². The number of unbranched alkanes of at least 4 members (excludes halogenated alkanes) is 1. The second-order valence-electron chi connectivity index (χ2n) is 30.7. The third-order valence-corrected chi connectivity index (χ3v) is 23.0. The Kier molecular flexibility index (Phi) is 27.8. The number of amides is 5. The second kappa shape index (κ2) is 38.5. The van der Waals surface area contributed by atoms with Crippen LogP contribution in [0.3, 0.4) is 0 Å². The van der Waals surface area contributed by atoms with E-state index in [0.717, 1.165) is 131 Å². The molecule has 0 bridgehead atoms. The molecule has 4 unspecified atom stereocenters. The number of likely N-dealkylation sites (N-methyl/N-ethyl adjacent to an activating group) is 1. The first kappa shape index (κ1) is 81.5. The monoisotopic (exact) mass is 1540 g/mol. The summed E-state index contributed by atoms with van der Waals surface area (Å²) in [5.41, 5.74) is 11.1. The SMILES string of the molecule is C#CCn1cc(C2CCN(C(=O)COc3ccc(Cl)cc3)C2)c2ccccc21.CCCC(CCC)C(=O)N1CCC(c2cn(Cc3ccc(C#N)cc3)c3ccccc23)C1.CCCCn1cc(C2CCN(C(=O)CCC)C2)c2ccccc21.CN(C)C(=O)Cn1cc(C2CCN(C(=O)c3c(F)cccc3F)C2)c2ccccc21. The van der Waals surface area contributed by atoms with Crippen LogP contribution in [0.2, 0.25) is 5.02 Å². The molecule has 19 heteroatoms. The van der Waals surface area contributed by atoms with Crippen molar-refractivity contribution < 1.29 is 37.5 Å². The van der Waals surface area contributed by atoms with Crippen LogP contribution in [-0.4, -0.2) is 145 Å². The second-order valence-corrected chi connectivity index (χ2v) is 31.1. The molecule has 16 nitrogen and oxygen atoms in total. The van der Waals surface area contributed by atoms with Gasteiger partial charge in [-0.25, -0.2) is 8.78 Å². The minimum Gasteiger partial charge on any atom is -0.484 e. The van der Waals surface area contributed by atoms with Crippen LogP contribution in [0.4, 0.5) is 8.78 Å². The van der Waals surface area contributed by atoms with Gasteiger partial charge >= 0.3 is 0 Å². The number of terminal acetylenes is 1. The van der Waals surface area contributed by atoms with Crippen LogP contribution in [-0.2, 0) is 45.4 Å². The molecule has 4 fully saturated rings. The largest absolute Gasteiger partial charge is 0.484 e. The highest BCUT2D eigenvalue weighted by molar-refractivity contribution is 6.30. The average molecular weight is 1540 g/mol. The third-order valence-electron chi connectivity index (χ3n) is 22.8. The molecule has 0 spiro atoms. The molecule has 4 saturated heterocycles. The Morgan fingerprint density at radius 2 is 0.982 bits per heavy atom. The Morgan fingerprint density at radius 3 is 1.49 bits per heavy atom. The zero-order valence-electron chi connectivity index (χ0n) is 66.1. The molecule has 11 aromatic rings. The lowest BCUT2D eigenvalue weighted by molar-refractivity contribution is -0.135. The van der Waals surface area contributed by atoms with Crippen molar-refractivity contribution in [2.75, 3.05) is 73.1 Å². The number of benzene rings is 7. The number of aryl methyl sites for hydroxylation is 1. The fourth-order valence-electron chi connectivity index (χ4n) is 16.8. The Balaban J connectivity index is 0.000000140. The molecule has 0 radical (unpaired) electrons. The van der Waals surface area contributed by atoms with E-state index in [0.29, 0.717) is 84.9 Å². The number of carbonyl (C=O) groups is 5. The minimum absolute atomic E-state index is 0.00446. The molecule has 113 heavy (non-hydrogen) atoms. The number of halogens is 3. The van der Waals surface area contributed by atoms with Gasteiger partial charge in [-0.2, -0.15) is 5.26 Å². The van der Waals surface area contributed by atoms with Gasteiger partial charge in [0.2, 0.25) is 17.7 Å². The summed E-state index contributed by atoms with van der Waals surface area (Å²) in [4.78, 5) is 72.0. The number of nitrogens with zero attached hydrogens (tertiary/aromatic N) is 10. The molecular weight excluding hydrogens is 1440 g/mol. The van der Waals surface area contributed by atoms with Gasteiger partial charge in [-0.3, -0.25) is 24.0 Å². The van der Waals surface area contributed by atoms with Gasteiger partial charge in [0, 0.05) is 189 Å². The van der Waals surface area contributed by atoms with Crippen LogP contribution in [0, 0.1) is 41.2 Å². The van der Waals surface area contributed by atoms with Crippen LogP contribution in [0.5, 0.6) is 5.75 Å². The van der Waals surface area contributed by atoms with Crippen molar-refractivity contribution in [3.8, 4) is 24.2 Å². The van der Waals surface area contributed by atoms with Crippen molar-refractivity contribution in [2.45, 2.75) is 155 Å². The standard InChI is InChI=1S/C28H33N3O.C23H21ClN2O2.C23H23F2N3O2.C20H28N2O/c1-3-7-23(8-4-2)28(32)30-16-15-24(19-30)26-20-31(27-10-6-5-9-25(26)27)18-22-13-11-21(17-29)12-14-22;1-2-12-25-15-21(20-5-3-4-6-22(20)25)17-11-13-26(14-17)23(27)16-28-19-9-7-18(24)8-10-19;1-26(2)21(29)14-28-13-17(16-6-3-4-9-20(16)28)15-10-11-27(12-15)23(30)22-18(24)7-5-8-19(22)25;1-3-5-12-21-15-18(17-9-6-7-10-19(17)21)16-11-13-22(14-16)20(23)8-4-2/h5-6,9-14,20,23-24H,3-4,7-8,15-16,18-19H2,1-2H3;1,3-10,15,17H,11-14,16H2;3-9,13,15H,10-12,14H2,1-2H3;6-7,9-10,15-16H,3-5,8,11-14H2,1-2H3. The van der Waals surface area contributed by atoms with Gasteiger partial charge in [-0.15, -0.1) is 6.42 Å². The summed E-state index contributed by atoms with van der Waals surface area (Å²) in [6, 6.07) is 53.9. The van der Waals surface area contributed by atoms with E-state index < -0.39 is 23.1 Å². The molecule has 5 amide bonds. The molecule has 4 aliphatic heterocycles. The van der Waals surface area contributed by atoms with Gasteiger partial charge in [0.1, 0.15) is 29.5 Å². The third kappa shape index (κ3) is 19.4. The highest BCUT2D eigenvalue weighted by Crippen LogP contribution is 2.40. The zero-order valence-corrected chi connectivity index (χ0v) is 66.9. The highest BCUT2D eigenvalue weighted by Gasteiger charge is 2.36. The number of hydrogen-bond donors (Lipinski definition) is 0. The smallest absolute Gasteiger partial charge is 0.260 e. The predicted octanol–water partition coefficient (Wildman–Crippen LogP) is 18.6. The average Bonchev–Trinajstić information content (AvgIpc) is 1.65. The number of ether oxygens (including phenoxy) is 1. The lowest BCUT2D eigenvalue weighted by Gasteiger charge is -2.23. The molecule has 0 saturated carbocycles. The van der Waals surface area contributed by atoms with Crippen LogP contribution in [0.15, 0.2) is 189 Å². The number of likely N-dealkylation sites (tertiary alicyclic amines) is 4. The summed E-state index contributed by atoms with van der Waals surface area (Å²) in [6.07, 6.45) is 26.2. The topological polar surface area (TPSA) is 154 Å². The van der Waals surface area contributed by atoms with Gasteiger partial charge in [-0.1, -0.05) is 155 Å². The fraction of sp³-hybridized carbons (Fsp3) is 0.383. The van der Waals surface area contributed by atoms with Crippen LogP contribution in [0.1, 0.15) is 172 Å². The van der Waals surface area contributed by atoms with Crippen molar-refractivity contribution in [3.63, 3.8) is 0 Å². The lowest BCUT2D eigenvalue weighted by atomic mass is 9.96. The lowest BCUT2D eigenvalue weighted by Crippen LogP contribution is -2.34. The molecular formula is C94H105ClF2N10O6. The number of hydrogen-bond acceptors (Lipinski definition) is 7. The Bertz CT molecular complexity index is 5190. The number of carbonyl (C=O) groups excluding carboxylic acids is 5. The Hall–Kier alpha value is -11.0. The van der Waals surface area contributed by atoms with Crippen molar-refractivity contribution in [1.82, 2.24) is 42.8 Å². The molecule has 4 aliphatic rings. The van der Waals surface area contributed by atoms with E-state index in [9.17, 15) is 32.8 Å². The molecule has 0 N–H and O–H groups in total. The van der Waals surface area contributed by atoms with Gasteiger partial charge in [0.15, 0.2) is 6.61 Å². The van der Waals surface area contributed by atoms with Crippen LogP contribution in [0.25, 0.3) is 43.6 Å². The van der Waals surface area contributed by atoms with E-state index in [-0.39, 0.29) is 36.8 Å². The normalized spacial score (nSPS) is 16.6. The van der Waals surface area contributed by atoms with E-state index in [4.69, 9.17) is 28.0 Å². The summed E-state index contributed by atoms with van der Waals surface area (Å²) in [6.45, 7) is 17.1. The quantitative estimate of drug-likeness (QED) is 0.0578. The maximum absolute atomic E-state index is 14.0. The molecule has 8 heterocycles. The summed E-state index contributed by atoms with van der Waals surface area (Å²) in [5.74, 6) is 3.11. The van der Waals surface area contributed by atoms with Gasteiger partial charge < -0.3 is 47.5 Å². The fourth-order valence-corrected chi connectivity index (χ4v) is 16.9.